The summed E-state index contributed by atoms with van der Waals surface area (Å²) in [7, 11) is 1.60. The Bertz CT molecular complexity index is 847. The molecule has 0 saturated carbocycles. The van der Waals surface area contributed by atoms with Crippen molar-refractivity contribution >= 4 is 23.6 Å². The number of carbonyl (C=O) groups excluding carboxylic acids is 2. The van der Waals surface area contributed by atoms with Crippen molar-refractivity contribution in [3.05, 3.63) is 64.7 Å². The van der Waals surface area contributed by atoms with Gasteiger partial charge in [0.2, 0.25) is 5.91 Å². The fourth-order valence-electron chi connectivity index (χ4n) is 2.68. The van der Waals surface area contributed by atoms with Crippen molar-refractivity contribution < 1.29 is 19.1 Å². The molecule has 2 rings (SSSR count). The maximum absolute atomic E-state index is 13.0. The molecule has 0 fully saturated rings. The Labute approximate surface area is 176 Å². The molecule has 0 heterocycles. The van der Waals surface area contributed by atoms with E-state index in [0.29, 0.717) is 10.6 Å². The SMILES string of the molecule is COc1ccc([C@@H](C)NC(=O)[C@@H](NC(=O)OC(C)(C)C)c2cccc(Cl)c2)cc1. The summed E-state index contributed by atoms with van der Waals surface area (Å²) in [5.74, 6) is 0.358. The van der Waals surface area contributed by atoms with E-state index in [-0.39, 0.29) is 11.9 Å². The summed E-state index contributed by atoms with van der Waals surface area (Å²) in [6.45, 7) is 7.13. The van der Waals surface area contributed by atoms with E-state index >= 15 is 0 Å². The largest absolute Gasteiger partial charge is 0.497 e. The van der Waals surface area contributed by atoms with E-state index in [1.165, 1.54) is 0 Å². The van der Waals surface area contributed by atoms with Crippen molar-refractivity contribution in [2.24, 2.45) is 0 Å². The van der Waals surface area contributed by atoms with E-state index in [1.807, 2.05) is 31.2 Å². The summed E-state index contributed by atoms with van der Waals surface area (Å²) in [4.78, 5) is 25.3. The Hall–Kier alpha value is -2.73. The van der Waals surface area contributed by atoms with E-state index < -0.39 is 17.7 Å². The topological polar surface area (TPSA) is 76.7 Å². The molecule has 6 nitrogen and oxygen atoms in total. The first-order valence-electron chi connectivity index (χ1n) is 9.28. The number of benzene rings is 2. The first-order valence-corrected chi connectivity index (χ1v) is 9.66. The van der Waals surface area contributed by atoms with Gasteiger partial charge in [-0.15, -0.1) is 0 Å². The lowest BCUT2D eigenvalue weighted by atomic mass is 10.0. The Morgan fingerprint density at radius 3 is 2.21 bits per heavy atom. The second kappa shape index (κ2) is 9.65. The normalized spacial score (nSPS) is 13.2. The molecule has 2 atom stereocenters. The highest BCUT2D eigenvalue weighted by Gasteiger charge is 2.27. The van der Waals surface area contributed by atoms with Crippen LogP contribution in [0, 0.1) is 0 Å². The fourth-order valence-corrected chi connectivity index (χ4v) is 2.88. The lowest BCUT2D eigenvalue weighted by molar-refractivity contribution is -0.124. The smallest absolute Gasteiger partial charge is 0.408 e. The Morgan fingerprint density at radius 2 is 1.66 bits per heavy atom. The number of hydrogen-bond donors (Lipinski definition) is 2. The molecular weight excluding hydrogens is 392 g/mol. The van der Waals surface area contributed by atoms with Gasteiger partial charge in [0.05, 0.1) is 13.2 Å². The number of halogens is 1. The molecule has 2 N–H and O–H groups in total. The summed E-state index contributed by atoms with van der Waals surface area (Å²) < 4.78 is 10.5. The molecule has 0 aromatic heterocycles. The Kier molecular flexibility index (Phi) is 7.51. The van der Waals surface area contributed by atoms with E-state index in [2.05, 4.69) is 10.6 Å². The van der Waals surface area contributed by atoms with Crippen molar-refractivity contribution in [2.75, 3.05) is 7.11 Å². The Morgan fingerprint density at radius 1 is 1.00 bits per heavy atom. The van der Waals surface area contributed by atoms with Crippen LogP contribution in [0.4, 0.5) is 4.79 Å². The van der Waals surface area contributed by atoms with Crippen LogP contribution in [0.2, 0.25) is 5.02 Å². The van der Waals surface area contributed by atoms with Gasteiger partial charge in [0.25, 0.3) is 0 Å². The third kappa shape index (κ3) is 6.98. The number of rotatable bonds is 6. The zero-order chi connectivity index (χ0) is 21.6. The van der Waals surface area contributed by atoms with Gasteiger partial charge in [-0.2, -0.15) is 0 Å². The van der Waals surface area contributed by atoms with Crippen molar-refractivity contribution in [3.8, 4) is 5.75 Å². The summed E-state index contributed by atoms with van der Waals surface area (Å²) in [6, 6.07) is 13.0. The first-order chi connectivity index (χ1) is 13.6. The monoisotopic (exact) mass is 418 g/mol. The van der Waals surface area contributed by atoms with Gasteiger partial charge >= 0.3 is 6.09 Å². The highest BCUT2D eigenvalue weighted by molar-refractivity contribution is 6.30. The number of nitrogens with one attached hydrogen (secondary N) is 2. The number of hydrogen-bond acceptors (Lipinski definition) is 4. The lowest BCUT2D eigenvalue weighted by Gasteiger charge is -2.25. The van der Waals surface area contributed by atoms with Crippen LogP contribution in [0.3, 0.4) is 0 Å². The molecule has 7 heteroatoms. The molecule has 2 aromatic carbocycles. The molecule has 0 aliphatic carbocycles. The molecule has 0 radical (unpaired) electrons. The summed E-state index contributed by atoms with van der Waals surface area (Å²) in [5.41, 5.74) is 0.777. The van der Waals surface area contributed by atoms with Crippen LogP contribution in [-0.2, 0) is 9.53 Å². The van der Waals surface area contributed by atoms with E-state index in [1.54, 1.807) is 52.1 Å². The minimum atomic E-state index is -0.954. The van der Waals surface area contributed by atoms with Gasteiger partial charge in [-0.3, -0.25) is 4.79 Å². The summed E-state index contributed by atoms with van der Waals surface area (Å²) in [6.07, 6.45) is -0.685. The quantitative estimate of drug-likeness (QED) is 0.706. The average Bonchev–Trinajstić information content (AvgIpc) is 2.64. The van der Waals surface area contributed by atoms with Crippen molar-refractivity contribution in [2.45, 2.75) is 45.4 Å². The van der Waals surface area contributed by atoms with Crippen LogP contribution < -0.4 is 15.4 Å². The maximum Gasteiger partial charge on any atom is 0.408 e. The first kappa shape index (κ1) is 22.6. The summed E-state index contributed by atoms with van der Waals surface area (Å²) in [5, 5.41) is 6.03. The van der Waals surface area contributed by atoms with Crippen LogP contribution in [0.5, 0.6) is 5.75 Å². The molecule has 156 valence electrons. The highest BCUT2D eigenvalue weighted by Crippen LogP contribution is 2.22. The molecule has 0 bridgehead atoms. The highest BCUT2D eigenvalue weighted by atomic mass is 35.5. The van der Waals surface area contributed by atoms with Gasteiger partial charge in [-0.25, -0.2) is 4.79 Å². The third-order valence-electron chi connectivity index (χ3n) is 4.08. The molecule has 29 heavy (non-hydrogen) atoms. The van der Waals surface area contributed by atoms with E-state index in [0.717, 1.165) is 11.3 Å². The second-order valence-corrected chi connectivity index (χ2v) is 8.07. The molecule has 0 saturated heterocycles. The van der Waals surface area contributed by atoms with Crippen molar-refractivity contribution in [1.29, 1.82) is 0 Å². The van der Waals surface area contributed by atoms with Crippen LogP contribution in [0.15, 0.2) is 48.5 Å². The van der Waals surface area contributed by atoms with E-state index in [4.69, 9.17) is 21.1 Å². The molecule has 0 aliphatic heterocycles. The third-order valence-corrected chi connectivity index (χ3v) is 4.31. The molecule has 2 amide bonds. The van der Waals surface area contributed by atoms with Crippen LogP contribution >= 0.6 is 11.6 Å². The van der Waals surface area contributed by atoms with Crippen molar-refractivity contribution in [1.82, 2.24) is 10.6 Å². The zero-order valence-corrected chi connectivity index (χ0v) is 18.0. The molecule has 0 unspecified atom stereocenters. The van der Waals surface area contributed by atoms with Gasteiger partial charge in [0.15, 0.2) is 0 Å². The summed E-state index contributed by atoms with van der Waals surface area (Å²) >= 11 is 6.08. The predicted molar refractivity (Wildman–Crippen MR) is 113 cm³/mol. The lowest BCUT2D eigenvalue weighted by Crippen LogP contribution is -2.43. The number of methoxy groups -OCH3 is 1. The van der Waals surface area contributed by atoms with Crippen LogP contribution in [0.1, 0.15) is 50.9 Å². The van der Waals surface area contributed by atoms with E-state index in [9.17, 15) is 9.59 Å². The fraction of sp³-hybridized carbons (Fsp3) is 0.364. The van der Waals surface area contributed by atoms with Crippen molar-refractivity contribution in [3.63, 3.8) is 0 Å². The van der Waals surface area contributed by atoms with Gasteiger partial charge in [0, 0.05) is 5.02 Å². The van der Waals surface area contributed by atoms with Gasteiger partial charge < -0.3 is 20.1 Å². The molecule has 2 aromatic rings. The number of amides is 2. The predicted octanol–water partition coefficient (Wildman–Crippen LogP) is 4.79. The number of alkyl carbamates (subject to hydrolysis) is 1. The van der Waals surface area contributed by atoms with Crippen LogP contribution in [-0.4, -0.2) is 24.7 Å². The maximum atomic E-state index is 13.0. The minimum Gasteiger partial charge on any atom is -0.497 e. The molecular formula is C22H27ClN2O4. The van der Waals surface area contributed by atoms with Gasteiger partial charge in [-0.1, -0.05) is 35.9 Å². The Balaban J connectivity index is 2.19. The van der Waals surface area contributed by atoms with Crippen LogP contribution in [0.25, 0.3) is 0 Å². The molecule has 0 aliphatic rings. The standard InChI is InChI=1S/C22H27ClN2O4/c1-14(15-9-11-18(28-5)12-10-15)24-20(26)19(16-7-6-8-17(23)13-16)25-21(27)29-22(2,3)4/h6-14,19H,1-5H3,(H,24,26)(H,25,27)/t14-,19+/m1/s1. The molecule has 0 spiro atoms. The van der Waals surface area contributed by atoms with Gasteiger partial charge in [0.1, 0.15) is 17.4 Å². The second-order valence-electron chi connectivity index (χ2n) is 7.64. The zero-order valence-electron chi connectivity index (χ0n) is 17.3. The minimum absolute atomic E-state index is 0.282. The number of carbonyl (C=O) groups is 2. The van der Waals surface area contributed by atoms with Gasteiger partial charge in [-0.05, 0) is 63.1 Å². The number of ether oxygens (including phenoxy) is 2. The average molecular weight is 419 g/mol.